The molecule has 0 amide bonds. The van der Waals surface area contributed by atoms with Crippen molar-refractivity contribution >= 4 is 28.4 Å². The fourth-order valence-electron chi connectivity index (χ4n) is 2.11. The van der Waals surface area contributed by atoms with Gasteiger partial charge in [-0.3, -0.25) is 0 Å². The predicted octanol–water partition coefficient (Wildman–Crippen LogP) is 3.94. The molecule has 112 valence electrons. The summed E-state index contributed by atoms with van der Waals surface area (Å²) in [6.07, 6.45) is 0. The van der Waals surface area contributed by atoms with E-state index in [-0.39, 0.29) is 0 Å². The molecule has 21 heavy (non-hydrogen) atoms. The van der Waals surface area contributed by atoms with Gasteiger partial charge >= 0.3 is 0 Å². The van der Waals surface area contributed by atoms with Gasteiger partial charge in [-0.1, -0.05) is 17.7 Å². The van der Waals surface area contributed by atoms with E-state index >= 15 is 0 Å². The van der Waals surface area contributed by atoms with Crippen LogP contribution in [0.2, 0.25) is 0 Å². The number of halogens is 1. The van der Waals surface area contributed by atoms with Gasteiger partial charge in [0.2, 0.25) is 0 Å². The smallest absolute Gasteiger partial charge is 0.162 e. The van der Waals surface area contributed by atoms with Crippen LogP contribution in [0.3, 0.4) is 0 Å². The van der Waals surface area contributed by atoms with Gasteiger partial charge in [-0.15, -0.1) is 0 Å². The van der Waals surface area contributed by atoms with E-state index in [9.17, 15) is 0 Å². The maximum Gasteiger partial charge on any atom is 0.162 e. The third-order valence-electron chi connectivity index (χ3n) is 3.18. The number of nitrogens with zero attached hydrogens (tertiary/aromatic N) is 2. The zero-order chi connectivity index (χ0) is 15.4. The van der Waals surface area contributed by atoms with Gasteiger partial charge in [0.25, 0.3) is 0 Å². The van der Waals surface area contributed by atoms with Crippen LogP contribution in [-0.2, 0) is 11.3 Å². The van der Waals surface area contributed by atoms with Crippen LogP contribution in [0, 0.1) is 17.4 Å². The molecule has 1 heterocycles. The van der Waals surface area contributed by atoms with E-state index < -0.39 is 0 Å². The summed E-state index contributed by atoms with van der Waals surface area (Å²) in [5.41, 5.74) is 4.37. The number of rotatable bonds is 5. The number of aryl methyl sites for hydroxylation is 2. The summed E-state index contributed by atoms with van der Waals surface area (Å²) < 4.78 is 6.28. The lowest BCUT2D eigenvalue weighted by molar-refractivity contribution is 0.181. The van der Waals surface area contributed by atoms with Crippen LogP contribution in [0.5, 0.6) is 0 Å². The lowest BCUT2D eigenvalue weighted by atomic mass is 10.1. The molecule has 0 radical (unpaired) electrons. The molecule has 0 aliphatic rings. The van der Waals surface area contributed by atoms with Crippen molar-refractivity contribution < 1.29 is 4.74 Å². The van der Waals surface area contributed by atoms with Crippen LogP contribution in [0.1, 0.15) is 23.7 Å². The Kier molecular flexibility index (Phi) is 5.52. The van der Waals surface area contributed by atoms with E-state index in [0.717, 1.165) is 33.0 Å². The summed E-state index contributed by atoms with van der Waals surface area (Å²) >= 11 is 2.27. The molecule has 4 nitrogen and oxygen atoms in total. The Labute approximate surface area is 139 Å². The molecule has 0 atom stereocenters. The van der Waals surface area contributed by atoms with Crippen molar-refractivity contribution in [3.63, 3.8) is 0 Å². The molecular weight excluding hydrogens is 377 g/mol. The first-order valence-electron chi connectivity index (χ1n) is 6.93. The van der Waals surface area contributed by atoms with Gasteiger partial charge in [-0.25, -0.2) is 9.97 Å². The van der Waals surface area contributed by atoms with Gasteiger partial charge < -0.3 is 10.1 Å². The van der Waals surface area contributed by atoms with Gasteiger partial charge in [-0.2, -0.15) is 0 Å². The molecule has 0 saturated carbocycles. The van der Waals surface area contributed by atoms with E-state index in [1.807, 2.05) is 0 Å². The zero-order valence-corrected chi connectivity index (χ0v) is 15.0. The molecule has 0 aliphatic heterocycles. The Bertz CT molecular complexity index is 616. The first kappa shape index (κ1) is 16.2. The summed E-state index contributed by atoms with van der Waals surface area (Å²) in [4.78, 5) is 9.39. The second kappa shape index (κ2) is 7.17. The minimum atomic E-state index is 0.483. The number of benzene rings is 1. The van der Waals surface area contributed by atoms with Gasteiger partial charge in [0, 0.05) is 19.2 Å². The van der Waals surface area contributed by atoms with Gasteiger partial charge in [0.05, 0.1) is 15.9 Å². The molecule has 1 aromatic heterocycles. The van der Waals surface area contributed by atoms with Gasteiger partial charge in [-0.05, 0) is 55.0 Å². The number of aromatic nitrogens is 2. The highest BCUT2D eigenvalue weighted by molar-refractivity contribution is 14.1. The van der Waals surface area contributed by atoms with E-state index in [2.05, 4.69) is 66.9 Å². The summed E-state index contributed by atoms with van der Waals surface area (Å²) in [7, 11) is 1.68. The second-order valence-electron chi connectivity index (χ2n) is 4.94. The maximum absolute atomic E-state index is 5.26. The molecule has 0 spiro atoms. The van der Waals surface area contributed by atoms with E-state index in [1.54, 1.807) is 7.11 Å². The molecule has 1 aromatic carbocycles. The summed E-state index contributed by atoms with van der Waals surface area (Å²) in [6, 6.07) is 6.34. The lowest BCUT2D eigenvalue weighted by Gasteiger charge is -2.13. The standard InChI is InChI=1S/C16H20IN3O/c1-5-18-16-14(17)13(9-21-4)19-15(20-16)12-8-10(2)6-7-11(12)3/h6-8H,5,9H2,1-4H3,(H,18,19,20). The molecule has 5 heteroatoms. The highest BCUT2D eigenvalue weighted by Crippen LogP contribution is 2.27. The Morgan fingerprint density at radius 3 is 2.67 bits per heavy atom. The summed E-state index contributed by atoms with van der Waals surface area (Å²) in [5.74, 6) is 1.62. The predicted molar refractivity (Wildman–Crippen MR) is 94.5 cm³/mol. The average molecular weight is 397 g/mol. The lowest BCUT2D eigenvalue weighted by Crippen LogP contribution is -2.09. The molecule has 0 fully saturated rings. The fourth-order valence-corrected chi connectivity index (χ4v) is 2.70. The quantitative estimate of drug-likeness (QED) is 0.777. The SMILES string of the molecule is CCNc1nc(-c2cc(C)ccc2C)nc(COC)c1I. The Balaban J connectivity index is 2.59. The second-order valence-corrected chi connectivity index (χ2v) is 6.02. The third-order valence-corrected chi connectivity index (χ3v) is 4.31. The van der Waals surface area contributed by atoms with E-state index in [0.29, 0.717) is 6.61 Å². The maximum atomic E-state index is 5.26. The minimum absolute atomic E-state index is 0.483. The summed E-state index contributed by atoms with van der Waals surface area (Å²) in [5, 5.41) is 3.30. The Morgan fingerprint density at radius 2 is 2.00 bits per heavy atom. The number of nitrogens with one attached hydrogen (secondary N) is 1. The number of hydrogen-bond acceptors (Lipinski definition) is 4. The molecular formula is C16H20IN3O. The van der Waals surface area contributed by atoms with Crippen molar-refractivity contribution in [3.8, 4) is 11.4 Å². The van der Waals surface area contributed by atoms with Crippen LogP contribution in [0.4, 0.5) is 5.82 Å². The number of methoxy groups -OCH3 is 1. The Morgan fingerprint density at radius 1 is 1.24 bits per heavy atom. The van der Waals surface area contributed by atoms with Crippen molar-refractivity contribution in [2.24, 2.45) is 0 Å². The fraction of sp³-hybridized carbons (Fsp3) is 0.375. The molecule has 0 saturated heterocycles. The minimum Gasteiger partial charge on any atom is -0.378 e. The zero-order valence-electron chi connectivity index (χ0n) is 12.8. The highest BCUT2D eigenvalue weighted by Gasteiger charge is 2.14. The summed E-state index contributed by atoms with van der Waals surface area (Å²) in [6.45, 7) is 7.53. The van der Waals surface area contributed by atoms with Crippen molar-refractivity contribution in [2.45, 2.75) is 27.4 Å². The molecule has 0 unspecified atom stereocenters. The van der Waals surface area contributed by atoms with Gasteiger partial charge in [0.15, 0.2) is 5.82 Å². The van der Waals surface area contributed by atoms with Crippen LogP contribution in [0.15, 0.2) is 18.2 Å². The number of anilines is 1. The first-order chi connectivity index (χ1) is 10.1. The molecule has 0 aliphatic carbocycles. The molecule has 2 rings (SSSR count). The van der Waals surface area contributed by atoms with Crippen molar-refractivity contribution in [3.05, 3.63) is 38.6 Å². The van der Waals surface area contributed by atoms with Gasteiger partial charge in [0.1, 0.15) is 5.82 Å². The monoisotopic (exact) mass is 397 g/mol. The Hall–Kier alpha value is -1.21. The molecule has 0 bridgehead atoms. The molecule has 2 aromatic rings. The topological polar surface area (TPSA) is 47.0 Å². The highest BCUT2D eigenvalue weighted by atomic mass is 127. The van der Waals surface area contributed by atoms with Crippen LogP contribution in [-0.4, -0.2) is 23.6 Å². The van der Waals surface area contributed by atoms with Crippen LogP contribution < -0.4 is 5.32 Å². The largest absolute Gasteiger partial charge is 0.378 e. The van der Waals surface area contributed by atoms with Crippen molar-refractivity contribution in [2.75, 3.05) is 19.0 Å². The van der Waals surface area contributed by atoms with Crippen LogP contribution >= 0.6 is 22.6 Å². The normalized spacial score (nSPS) is 10.7. The number of ether oxygens (including phenoxy) is 1. The number of hydrogen-bond donors (Lipinski definition) is 1. The first-order valence-corrected chi connectivity index (χ1v) is 8.01. The molecule has 1 N–H and O–H groups in total. The third kappa shape index (κ3) is 3.71. The van der Waals surface area contributed by atoms with Crippen molar-refractivity contribution in [1.29, 1.82) is 0 Å². The average Bonchev–Trinajstić information content (AvgIpc) is 2.46. The van der Waals surface area contributed by atoms with Crippen molar-refractivity contribution in [1.82, 2.24) is 9.97 Å². The van der Waals surface area contributed by atoms with Crippen LogP contribution in [0.25, 0.3) is 11.4 Å². The van der Waals surface area contributed by atoms with E-state index in [4.69, 9.17) is 14.7 Å². The van der Waals surface area contributed by atoms with E-state index in [1.165, 1.54) is 11.1 Å².